The molecule has 0 atom stereocenters. The summed E-state index contributed by atoms with van der Waals surface area (Å²) in [6, 6.07) is 0. The van der Waals surface area contributed by atoms with Crippen LogP contribution in [-0.2, 0) is 0 Å². The Morgan fingerprint density at radius 1 is 1.43 bits per heavy atom. The highest BCUT2D eigenvalue weighted by molar-refractivity contribution is 7.84. The van der Waals surface area contributed by atoms with Crippen molar-refractivity contribution in [1.29, 1.82) is 0 Å². The molecule has 0 aromatic rings. The maximum absolute atomic E-state index is 4.15. The highest BCUT2D eigenvalue weighted by Crippen LogP contribution is 2.08. The molecule has 0 aliphatic heterocycles. The Balaban J connectivity index is 3.72. The topological polar surface area (TPSA) is 0 Å². The summed E-state index contributed by atoms with van der Waals surface area (Å²) in [5.41, 5.74) is 1.38. The molecule has 0 N–H and O–H groups in total. The molecule has 0 aromatic heterocycles. The number of thiol groups is 1. The monoisotopic (exact) mass is 116 g/mol. The Kier molecular flexibility index (Phi) is 3.18. The average Bonchev–Trinajstić information content (AvgIpc) is 1.65. The molecule has 0 aliphatic rings. The zero-order chi connectivity index (χ0) is 5.86. The van der Waals surface area contributed by atoms with Gasteiger partial charge >= 0.3 is 0 Å². The van der Waals surface area contributed by atoms with Crippen molar-refractivity contribution in [3.8, 4) is 0 Å². The summed E-state index contributed by atoms with van der Waals surface area (Å²) < 4.78 is 0. The van der Waals surface area contributed by atoms with Crippen LogP contribution in [0.2, 0.25) is 0 Å². The van der Waals surface area contributed by atoms with Crippen molar-refractivity contribution in [3.63, 3.8) is 0 Å². The maximum atomic E-state index is 4.15. The van der Waals surface area contributed by atoms with E-state index < -0.39 is 0 Å². The SMILES string of the molecule is CC/C(C)=C(/C)S. The fourth-order valence-corrected chi connectivity index (χ4v) is 0.414. The fourth-order valence-electron chi connectivity index (χ4n) is 0.256. The Bertz CT molecular complexity index is 78.2. The van der Waals surface area contributed by atoms with E-state index in [0.717, 1.165) is 11.3 Å². The Labute approximate surface area is 51.0 Å². The van der Waals surface area contributed by atoms with Crippen molar-refractivity contribution < 1.29 is 0 Å². The van der Waals surface area contributed by atoms with Crippen LogP contribution >= 0.6 is 12.6 Å². The summed E-state index contributed by atoms with van der Waals surface area (Å²) in [4.78, 5) is 1.16. The van der Waals surface area contributed by atoms with Crippen molar-refractivity contribution in [2.45, 2.75) is 27.2 Å². The Morgan fingerprint density at radius 3 is 1.86 bits per heavy atom. The van der Waals surface area contributed by atoms with Gasteiger partial charge in [-0.25, -0.2) is 0 Å². The minimum absolute atomic E-state index is 1.12. The van der Waals surface area contributed by atoms with E-state index in [1.807, 2.05) is 6.92 Å². The molecule has 0 bridgehead atoms. The largest absolute Gasteiger partial charge is 0.148 e. The number of hydrogen-bond acceptors (Lipinski definition) is 1. The lowest BCUT2D eigenvalue weighted by Gasteiger charge is -1.93. The van der Waals surface area contributed by atoms with Gasteiger partial charge in [0.15, 0.2) is 0 Å². The van der Waals surface area contributed by atoms with E-state index in [2.05, 4.69) is 26.5 Å². The molecule has 0 saturated heterocycles. The van der Waals surface area contributed by atoms with Gasteiger partial charge in [0, 0.05) is 0 Å². The molecular weight excluding hydrogens is 104 g/mol. The van der Waals surface area contributed by atoms with E-state index in [0.29, 0.717) is 0 Å². The second-order valence-electron chi connectivity index (χ2n) is 1.72. The van der Waals surface area contributed by atoms with Crippen molar-refractivity contribution in [2.75, 3.05) is 0 Å². The number of hydrogen-bond donors (Lipinski definition) is 1. The van der Waals surface area contributed by atoms with Crippen molar-refractivity contribution in [3.05, 3.63) is 10.5 Å². The zero-order valence-corrected chi connectivity index (χ0v) is 6.05. The molecule has 0 rings (SSSR count). The second kappa shape index (κ2) is 3.14. The van der Waals surface area contributed by atoms with E-state index in [9.17, 15) is 0 Å². The molecule has 1 heteroatoms. The van der Waals surface area contributed by atoms with Crippen LogP contribution in [0.5, 0.6) is 0 Å². The fraction of sp³-hybridized carbons (Fsp3) is 0.667. The molecule has 0 nitrogen and oxygen atoms in total. The van der Waals surface area contributed by atoms with Gasteiger partial charge in [0.05, 0.1) is 0 Å². The van der Waals surface area contributed by atoms with E-state index in [4.69, 9.17) is 0 Å². The third-order valence-corrected chi connectivity index (χ3v) is 1.53. The molecule has 0 aromatic carbocycles. The minimum atomic E-state index is 1.12. The number of allylic oxidation sites excluding steroid dienone is 2. The Morgan fingerprint density at radius 2 is 1.86 bits per heavy atom. The van der Waals surface area contributed by atoms with Crippen LogP contribution in [0, 0.1) is 0 Å². The summed E-state index contributed by atoms with van der Waals surface area (Å²) >= 11 is 4.15. The van der Waals surface area contributed by atoms with Gasteiger partial charge in [-0.3, -0.25) is 0 Å². The molecule has 0 heterocycles. The summed E-state index contributed by atoms with van der Waals surface area (Å²) in [5.74, 6) is 0. The predicted octanol–water partition coefficient (Wildman–Crippen LogP) is 2.62. The van der Waals surface area contributed by atoms with Crippen molar-refractivity contribution >= 4 is 12.6 Å². The van der Waals surface area contributed by atoms with Crippen molar-refractivity contribution in [1.82, 2.24) is 0 Å². The first-order valence-corrected chi connectivity index (χ1v) is 2.98. The quantitative estimate of drug-likeness (QED) is 0.500. The van der Waals surface area contributed by atoms with Gasteiger partial charge in [-0.1, -0.05) is 12.5 Å². The zero-order valence-electron chi connectivity index (χ0n) is 5.15. The standard InChI is InChI=1S/C6H12S/c1-4-5(2)6(3)7/h7H,4H2,1-3H3/b6-5-. The maximum Gasteiger partial charge on any atom is -0.0226 e. The van der Waals surface area contributed by atoms with Crippen LogP contribution in [0.15, 0.2) is 10.5 Å². The molecule has 0 spiro atoms. The van der Waals surface area contributed by atoms with Crippen LogP contribution in [0.25, 0.3) is 0 Å². The Hall–Kier alpha value is 0.0900. The molecule has 7 heavy (non-hydrogen) atoms. The van der Waals surface area contributed by atoms with Gasteiger partial charge in [0.2, 0.25) is 0 Å². The van der Waals surface area contributed by atoms with Crippen molar-refractivity contribution in [2.24, 2.45) is 0 Å². The van der Waals surface area contributed by atoms with Gasteiger partial charge in [0.25, 0.3) is 0 Å². The van der Waals surface area contributed by atoms with Gasteiger partial charge in [-0.2, -0.15) is 0 Å². The first-order chi connectivity index (χ1) is 3.18. The van der Waals surface area contributed by atoms with Gasteiger partial charge in [-0.15, -0.1) is 12.6 Å². The minimum Gasteiger partial charge on any atom is -0.148 e. The van der Waals surface area contributed by atoms with E-state index in [1.165, 1.54) is 5.57 Å². The first-order valence-electron chi connectivity index (χ1n) is 2.53. The molecule has 0 radical (unpaired) electrons. The molecule has 0 aliphatic carbocycles. The summed E-state index contributed by atoms with van der Waals surface area (Å²) in [6.07, 6.45) is 1.12. The summed E-state index contributed by atoms with van der Waals surface area (Å²) in [7, 11) is 0. The lowest BCUT2D eigenvalue weighted by Crippen LogP contribution is -1.71. The molecule has 0 fully saturated rings. The smallest absolute Gasteiger partial charge is 0.0226 e. The highest BCUT2D eigenvalue weighted by atomic mass is 32.1. The van der Waals surface area contributed by atoms with Crippen LogP contribution in [0.1, 0.15) is 27.2 Å². The molecule has 0 amide bonds. The highest BCUT2D eigenvalue weighted by Gasteiger charge is 1.83. The third-order valence-electron chi connectivity index (χ3n) is 1.15. The molecule has 0 unspecified atom stereocenters. The van der Waals surface area contributed by atoms with Crippen LogP contribution < -0.4 is 0 Å². The number of rotatable bonds is 1. The average molecular weight is 116 g/mol. The van der Waals surface area contributed by atoms with Crippen LogP contribution in [0.3, 0.4) is 0 Å². The molecular formula is C6H12S. The first kappa shape index (κ1) is 7.09. The summed E-state index contributed by atoms with van der Waals surface area (Å²) in [5, 5.41) is 0. The lowest BCUT2D eigenvalue weighted by molar-refractivity contribution is 1.09. The van der Waals surface area contributed by atoms with Gasteiger partial charge < -0.3 is 0 Å². The second-order valence-corrected chi connectivity index (χ2v) is 2.39. The van der Waals surface area contributed by atoms with E-state index in [1.54, 1.807) is 0 Å². The van der Waals surface area contributed by atoms with Crippen LogP contribution in [0.4, 0.5) is 0 Å². The van der Waals surface area contributed by atoms with Gasteiger partial charge in [0.1, 0.15) is 0 Å². The van der Waals surface area contributed by atoms with Gasteiger partial charge in [-0.05, 0) is 25.2 Å². The van der Waals surface area contributed by atoms with Crippen LogP contribution in [-0.4, -0.2) is 0 Å². The predicted molar refractivity (Wildman–Crippen MR) is 37.7 cm³/mol. The van der Waals surface area contributed by atoms with E-state index in [-0.39, 0.29) is 0 Å². The normalized spacial score (nSPS) is 13.7. The van der Waals surface area contributed by atoms with E-state index >= 15 is 0 Å². The third kappa shape index (κ3) is 2.75. The summed E-state index contributed by atoms with van der Waals surface area (Å²) in [6.45, 7) is 6.25. The molecule has 42 valence electrons. The molecule has 0 saturated carbocycles. The lowest BCUT2D eigenvalue weighted by atomic mass is 10.2.